The molecule has 0 spiro atoms. The molecule has 4 aromatic rings. The van der Waals surface area contributed by atoms with Crippen LogP contribution in [-0.4, -0.2) is 54.7 Å². The highest BCUT2D eigenvalue weighted by molar-refractivity contribution is 6.33. The third-order valence-corrected chi connectivity index (χ3v) is 5.96. The van der Waals surface area contributed by atoms with E-state index < -0.39 is 5.97 Å². The molecule has 0 aliphatic rings. The van der Waals surface area contributed by atoms with E-state index >= 15 is 0 Å². The molecule has 4 rings (SSSR count). The lowest BCUT2D eigenvalue weighted by atomic mass is 9.88. The average molecular weight is 469 g/mol. The largest absolute Gasteiger partial charge is 0.480 e. The topological polar surface area (TPSA) is 88.7 Å². The molecule has 7 nitrogen and oxygen atoms in total. The van der Waals surface area contributed by atoms with Gasteiger partial charge in [-0.3, -0.25) is 9.69 Å². The molecule has 0 unspecified atom stereocenters. The highest BCUT2D eigenvalue weighted by Crippen LogP contribution is 2.31. The van der Waals surface area contributed by atoms with Crippen molar-refractivity contribution in [3.63, 3.8) is 0 Å². The average Bonchev–Trinajstić information content (AvgIpc) is 3.31. The molecule has 178 valence electrons. The molecule has 0 aliphatic heterocycles. The summed E-state index contributed by atoms with van der Waals surface area (Å²) in [6, 6.07) is 20.3. The Balaban J connectivity index is 1.60. The zero-order valence-electron chi connectivity index (χ0n) is 20.4. The fraction of sp³-hybridized carbons (Fsp3) is 0.222. The number of aromatic nitrogens is 2. The maximum atomic E-state index is 10.9. The summed E-state index contributed by atoms with van der Waals surface area (Å²) in [5, 5.41) is 13.2. The first-order valence-electron chi connectivity index (χ1n) is 11.4. The van der Waals surface area contributed by atoms with E-state index in [1.807, 2.05) is 50.3 Å². The Morgan fingerprint density at radius 1 is 1.06 bits per heavy atom. The predicted molar refractivity (Wildman–Crippen MR) is 138 cm³/mol. The molecular weight excluding hydrogens is 441 g/mol. The van der Waals surface area contributed by atoms with E-state index in [9.17, 15) is 4.79 Å². The molecule has 8 heteroatoms. The normalized spacial score (nSPS) is 11.2. The van der Waals surface area contributed by atoms with Gasteiger partial charge in [0.1, 0.15) is 7.85 Å². The van der Waals surface area contributed by atoms with Crippen LogP contribution in [0.4, 0.5) is 0 Å². The summed E-state index contributed by atoms with van der Waals surface area (Å²) in [5.74, 6) is 0.100. The number of carboxylic acid groups (broad SMARTS) is 1. The van der Waals surface area contributed by atoms with Crippen LogP contribution < -0.4 is 5.46 Å². The third-order valence-electron chi connectivity index (χ3n) is 5.96. The minimum Gasteiger partial charge on any atom is -0.480 e. The van der Waals surface area contributed by atoms with Crippen LogP contribution in [0.5, 0.6) is 0 Å². The van der Waals surface area contributed by atoms with E-state index in [0.717, 1.165) is 33.3 Å². The molecule has 0 atom stereocenters. The van der Waals surface area contributed by atoms with Crippen LogP contribution in [0.3, 0.4) is 0 Å². The highest BCUT2D eigenvalue weighted by atomic mass is 16.5. The van der Waals surface area contributed by atoms with E-state index in [2.05, 4.69) is 35.3 Å². The van der Waals surface area contributed by atoms with Crippen molar-refractivity contribution in [1.29, 1.82) is 0 Å². The van der Waals surface area contributed by atoms with Crippen molar-refractivity contribution in [3.8, 4) is 34.0 Å². The molecule has 0 aliphatic carbocycles. The van der Waals surface area contributed by atoms with Gasteiger partial charge in [-0.1, -0.05) is 59.2 Å². The van der Waals surface area contributed by atoms with Crippen LogP contribution in [-0.2, 0) is 22.7 Å². The van der Waals surface area contributed by atoms with Gasteiger partial charge in [0.15, 0.2) is 0 Å². The minimum atomic E-state index is -0.846. The van der Waals surface area contributed by atoms with Crippen LogP contribution in [0.25, 0.3) is 34.0 Å². The van der Waals surface area contributed by atoms with E-state index in [1.165, 1.54) is 11.1 Å². The van der Waals surface area contributed by atoms with Crippen LogP contribution in [0, 0.1) is 6.92 Å². The molecule has 1 N–H and O–H groups in total. The molecular formula is C27H28BN3O4. The highest BCUT2D eigenvalue weighted by Gasteiger charge is 2.15. The van der Waals surface area contributed by atoms with Gasteiger partial charge >= 0.3 is 5.97 Å². The van der Waals surface area contributed by atoms with Gasteiger partial charge in [0, 0.05) is 24.8 Å². The molecule has 0 saturated heterocycles. The van der Waals surface area contributed by atoms with Gasteiger partial charge in [-0.25, -0.2) is 0 Å². The van der Waals surface area contributed by atoms with Gasteiger partial charge in [-0.05, 0) is 53.9 Å². The zero-order chi connectivity index (χ0) is 24.9. The van der Waals surface area contributed by atoms with E-state index in [4.69, 9.17) is 14.4 Å². The first kappa shape index (κ1) is 24.4. The van der Waals surface area contributed by atoms with Crippen LogP contribution in [0.1, 0.15) is 16.7 Å². The Labute approximate surface area is 205 Å². The summed E-state index contributed by atoms with van der Waals surface area (Å²) in [7, 11) is 5.47. The molecule has 0 radical (unpaired) electrons. The molecule has 3 aromatic carbocycles. The van der Waals surface area contributed by atoms with E-state index in [0.29, 0.717) is 24.9 Å². The molecule has 0 fully saturated rings. The molecule has 0 bridgehead atoms. The first-order valence-corrected chi connectivity index (χ1v) is 11.4. The molecule has 0 amide bonds. The summed E-state index contributed by atoms with van der Waals surface area (Å²) in [6.07, 6.45) is 0. The Hall–Kier alpha value is -3.75. The summed E-state index contributed by atoms with van der Waals surface area (Å²) in [5.41, 5.74) is 8.30. The number of methoxy groups -OCH3 is 1. The van der Waals surface area contributed by atoms with Crippen molar-refractivity contribution in [2.75, 3.05) is 20.7 Å². The molecule has 1 aromatic heterocycles. The summed E-state index contributed by atoms with van der Waals surface area (Å²) in [6.45, 7) is 3.10. The van der Waals surface area contributed by atoms with Crippen molar-refractivity contribution < 1.29 is 19.2 Å². The third kappa shape index (κ3) is 5.67. The van der Waals surface area contributed by atoms with Crippen LogP contribution in [0.15, 0.2) is 65.2 Å². The lowest BCUT2D eigenvalue weighted by Gasteiger charge is -2.16. The second kappa shape index (κ2) is 10.7. The number of rotatable bonds is 9. The molecule has 1 heterocycles. The quantitative estimate of drug-likeness (QED) is 0.377. The Morgan fingerprint density at radius 3 is 2.54 bits per heavy atom. The summed E-state index contributed by atoms with van der Waals surface area (Å²) < 4.78 is 11.1. The lowest BCUT2D eigenvalue weighted by molar-refractivity contribution is -0.138. The predicted octanol–water partition coefficient (Wildman–Crippen LogP) is 3.30. The van der Waals surface area contributed by atoms with Crippen molar-refractivity contribution in [2.24, 2.45) is 0 Å². The van der Waals surface area contributed by atoms with Crippen molar-refractivity contribution in [3.05, 3.63) is 77.4 Å². The fourth-order valence-corrected chi connectivity index (χ4v) is 4.19. The SMILES string of the molecule is Bc1cc(-c2noc(-c3ccc(-c4ccccc4C)c(COC)c3)n2)ccc1CN(C)CC(=O)O. The van der Waals surface area contributed by atoms with Gasteiger partial charge in [-0.2, -0.15) is 4.98 Å². The number of nitrogens with zero attached hydrogens (tertiary/aromatic N) is 3. The standard InChI is InChI=1S/C27H28BN3O4/c1-17-6-4-5-7-22(17)23-11-10-19(12-21(23)16-34-3)27-29-26(30-35-27)18-8-9-20(24(28)13-18)14-31(2)15-25(32)33/h4-13H,14-16,28H2,1-3H3,(H,32,33). The van der Waals surface area contributed by atoms with Gasteiger partial charge in [0.2, 0.25) is 5.82 Å². The molecule has 0 saturated carbocycles. The summed E-state index contributed by atoms with van der Waals surface area (Å²) in [4.78, 5) is 17.3. The second-order valence-electron chi connectivity index (χ2n) is 8.75. The number of hydrogen-bond donors (Lipinski definition) is 1. The van der Waals surface area contributed by atoms with E-state index in [-0.39, 0.29) is 6.54 Å². The maximum absolute atomic E-state index is 10.9. The van der Waals surface area contributed by atoms with Gasteiger partial charge in [0.25, 0.3) is 5.89 Å². The monoisotopic (exact) mass is 469 g/mol. The van der Waals surface area contributed by atoms with Crippen molar-refractivity contribution in [1.82, 2.24) is 15.0 Å². The lowest BCUT2D eigenvalue weighted by Crippen LogP contribution is -2.27. The van der Waals surface area contributed by atoms with Crippen LogP contribution in [0.2, 0.25) is 0 Å². The fourth-order valence-electron chi connectivity index (χ4n) is 4.19. The first-order chi connectivity index (χ1) is 16.9. The zero-order valence-corrected chi connectivity index (χ0v) is 20.4. The number of aliphatic carboxylic acids is 1. The summed E-state index contributed by atoms with van der Waals surface area (Å²) >= 11 is 0. The number of ether oxygens (including phenoxy) is 1. The van der Waals surface area contributed by atoms with Crippen molar-refractivity contribution >= 4 is 19.3 Å². The number of aryl methyl sites for hydroxylation is 1. The Kier molecular flexibility index (Phi) is 7.44. The minimum absolute atomic E-state index is 0.0108. The molecule has 35 heavy (non-hydrogen) atoms. The van der Waals surface area contributed by atoms with E-state index in [1.54, 1.807) is 19.1 Å². The number of carbonyl (C=O) groups is 1. The van der Waals surface area contributed by atoms with Gasteiger partial charge < -0.3 is 14.4 Å². The number of likely N-dealkylation sites (N-methyl/N-ethyl adjacent to an activating group) is 1. The van der Waals surface area contributed by atoms with Gasteiger partial charge in [-0.15, -0.1) is 0 Å². The van der Waals surface area contributed by atoms with Crippen LogP contribution >= 0.6 is 0 Å². The van der Waals surface area contributed by atoms with Gasteiger partial charge in [0.05, 0.1) is 13.2 Å². The number of hydrogen-bond acceptors (Lipinski definition) is 6. The number of carboxylic acids is 1. The Morgan fingerprint density at radius 2 is 1.83 bits per heavy atom. The van der Waals surface area contributed by atoms with Crippen molar-refractivity contribution in [2.45, 2.75) is 20.1 Å². The second-order valence-corrected chi connectivity index (χ2v) is 8.75. The maximum Gasteiger partial charge on any atom is 0.317 e. The smallest absolute Gasteiger partial charge is 0.317 e. The Bertz CT molecular complexity index is 1350. The number of benzene rings is 3.